The predicted octanol–water partition coefficient (Wildman–Crippen LogP) is 3.28. The third-order valence-electron chi connectivity index (χ3n) is 2.87. The van der Waals surface area contributed by atoms with Gasteiger partial charge in [-0.25, -0.2) is 8.42 Å². The molecule has 0 aliphatic rings. The van der Waals surface area contributed by atoms with Crippen molar-refractivity contribution >= 4 is 37.3 Å². The highest BCUT2D eigenvalue weighted by Gasteiger charge is 2.14. The number of sulfonamides is 1. The highest BCUT2D eigenvalue weighted by Crippen LogP contribution is 2.23. The van der Waals surface area contributed by atoms with Crippen LogP contribution in [0.1, 0.15) is 11.1 Å². The second-order valence-electron chi connectivity index (χ2n) is 4.52. The zero-order valence-corrected chi connectivity index (χ0v) is 13.3. The van der Waals surface area contributed by atoms with E-state index >= 15 is 0 Å². The van der Waals surface area contributed by atoms with Gasteiger partial charge >= 0.3 is 0 Å². The SMILES string of the molecule is Cc1ccc(Br)cc1NS(=O)(=O)Cc1ccccc1N. The standard InChI is InChI=1S/C14H15BrN2O2S/c1-10-6-7-12(15)8-14(10)17-20(18,19)9-11-4-2-3-5-13(11)16/h2-8,17H,9,16H2,1H3. The fourth-order valence-electron chi connectivity index (χ4n) is 1.78. The number of hydrogen-bond donors (Lipinski definition) is 2. The zero-order chi connectivity index (χ0) is 14.8. The van der Waals surface area contributed by atoms with E-state index in [-0.39, 0.29) is 5.75 Å². The van der Waals surface area contributed by atoms with Gasteiger partial charge in [0.25, 0.3) is 0 Å². The Kier molecular flexibility index (Phi) is 4.35. The summed E-state index contributed by atoms with van der Waals surface area (Å²) >= 11 is 3.33. The van der Waals surface area contributed by atoms with Gasteiger partial charge < -0.3 is 5.73 Å². The molecule has 0 atom stereocenters. The van der Waals surface area contributed by atoms with Crippen LogP contribution in [-0.2, 0) is 15.8 Å². The van der Waals surface area contributed by atoms with Gasteiger partial charge in [0.15, 0.2) is 0 Å². The van der Waals surface area contributed by atoms with Crippen LogP contribution in [0, 0.1) is 6.92 Å². The number of nitrogens with one attached hydrogen (secondary N) is 1. The fraction of sp³-hybridized carbons (Fsp3) is 0.143. The Balaban J connectivity index is 2.24. The van der Waals surface area contributed by atoms with E-state index in [1.807, 2.05) is 19.1 Å². The minimum absolute atomic E-state index is 0.147. The lowest BCUT2D eigenvalue weighted by Crippen LogP contribution is -2.16. The molecule has 0 unspecified atom stereocenters. The summed E-state index contributed by atoms with van der Waals surface area (Å²) in [6.07, 6.45) is 0. The maximum absolute atomic E-state index is 12.2. The summed E-state index contributed by atoms with van der Waals surface area (Å²) in [5.41, 5.74) is 8.26. The van der Waals surface area contributed by atoms with Gasteiger partial charge in [-0.2, -0.15) is 0 Å². The summed E-state index contributed by atoms with van der Waals surface area (Å²) in [6.45, 7) is 1.85. The topological polar surface area (TPSA) is 72.2 Å². The predicted molar refractivity (Wildman–Crippen MR) is 86.0 cm³/mol. The van der Waals surface area contributed by atoms with Gasteiger partial charge in [-0.1, -0.05) is 40.2 Å². The normalized spacial score (nSPS) is 11.3. The molecular formula is C14H15BrN2O2S. The third kappa shape index (κ3) is 3.74. The molecule has 0 amide bonds. The van der Waals surface area contributed by atoms with Crippen molar-refractivity contribution in [3.8, 4) is 0 Å². The molecule has 0 radical (unpaired) electrons. The molecule has 2 rings (SSSR count). The largest absolute Gasteiger partial charge is 0.398 e. The summed E-state index contributed by atoms with van der Waals surface area (Å²) in [5.74, 6) is -0.147. The number of benzene rings is 2. The van der Waals surface area contributed by atoms with Crippen LogP contribution in [0.2, 0.25) is 0 Å². The number of nitrogens with two attached hydrogens (primary N) is 1. The quantitative estimate of drug-likeness (QED) is 0.827. The van der Waals surface area contributed by atoms with Crippen LogP contribution >= 0.6 is 15.9 Å². The molecule has 0 fully saturated rings. The Morgan fingerprint density at radius 3 is 2.60 bits per heavy atom. The molecule has 0 saturated heterocycles. The summed E-state index contributed by atoms with van der Waals surface area (Å²) in [4.78, 5) is 0. The molecule has 0 spiro atoms. The first-order chi connectivity index (χ1) is 9.37. The molecule has 0 heterocycles. The number of nitrogen functional groups attached to an aromatic ring is 1. The van der Waals surface area contributed by atoms with Crippen LogP contribution in [0.4, 0.5) is 11.4 Å². The molecule has 6 heteroatoms. The fourth-order valence-corrected chi connectivity index (χ4v) is 3.44. The van der Waals surface area contributed by atoms with E-state index in [1.165, 1.54) is 0 Å². The smallest absolute Gasteiger partial charge is 0.237 e. The lowest BCUT2D eigenvalue weighted by Gasteiger charge is -2.12. The van der Waals surface area contributed by atoms with Gasteiger partial charge in [0.1, 0.15) is 0 Å². The Morgan fingerprint density at radius 1 is 1.20 bits per heavy atom. The van der Waals surface area contributed by atoms with Gasteiger partial charge in [-0.05, 0) is 36.2 Å². The molecule has 20 heavy (non-hydrogen) atoms. The number of rotatable bonds is 4. The van der Waals surface area contributed by atoms with Crippen molar-refractivity contribution in [2.24, 2.45) is 0 Å². The maximum Gasteiger partial charge on any atom is 0.237 e. The number of halogens is 1. The Hall–Kier alpha value is -1.53. The van der Waals surface area contributed by atoms with E-state index in [9.17, 15) is 8.42 Å². The molecular weight excluding hydrogens is 340 g/mol. The molecule has 4 nitrogen and oxygen atoms in total. The zero-order valence-electron chi connectivity index (χ0n) is 10.9. The van der Waals surface area contributed by atoms with Gasteiger partial charge in [-0.15, -0.1) is 0 Å². The highest BCUT2D eigenvalue weighted by molar-refractivity contribution is 9.10. The second-order valence-corrected chi connectivity index (χ2v) is 7.16. The molecule has 2 aromatic rings. The highest BCUT2D eigenvalue weighted by atomic mass is 79.9. The van der Waals surface area contributed by atoms with Gasteiger partial charge in [0.2, 0.25) is 10.0 Å². The van der Waals surface area contributed by atoms with E-state index in [1.54, 1.807) is 30.3 Å². The van der Waals surface area contributed by atoms with Crippen LogP contribution in [0.15, 0.2) is 46.9 Å². The van der Waals surface area contributed by atoms with Gasteiger partial charge in [0, 0.05) is 10.2 Å². The average Bonchev–Trinajstić information content (AvgIpc) is 2.36. The van der Waals surface area contributed by atoms with Crippen molar-refractivity contribution in [3.63, 3.8) is 0 Å². The van der Waals surface area contributed by atoms with Crippen LogP contribution in [0.3, 0.4) is 0 Å². The number of aryl methyl sites for hydroxylation is 1. The molecule has 3 N–H and O–H groups in total. The monoisotopic (exact) mass is 354 g/mol. The summed E-state index contributed by atoms with van der Waals surface area (Å²) in [7, 11) is -3.50. The number of para-hydroxylation sites is 1. The van der Waals surface area contributed by atoms with Gasteiger partial charge in [0.05, 0.1) is 11.4 Å². The van der Waals surface area contributed by atoms with E-state index in [0.717, 1.165) is 10.0 Å². The minimum atomic E-state index is -3.50. The van der Waals surface area contributed by atoms with Crippen LogP contribution in [0.25, 0.3) is 0 Å². The van der Waals surface area contributed by atoms with Crippen molar-refractivity contribution in [3.05, 3.63) is 58.1 Å². The van der Waals surface area contributed by atoms with Crippen LogP contribution in [0.5, 0.6) is 0 Å². The first kappa shape index (κ1) is 14.9. The van der Waals surface area contributed by atoms with Crippen molar-refractivity contribution < 1.29 is 8.42 Å². The lowest BCUT2D eigenvalue weighted by atomic mass is 10.2. The third-order valence-corrected chi connectivity index (χ3v) is 4.58. The molecule has 0 saturated carbocycles. The van der Waals surface area contributed by atoms with Crippen LogP contribution < -0.4 is 10.5 Å². The second kappa shape index (κ2) is 5.85. The first-order valence-electron chi connectivity index (χ1n) is 5.97. The molecule has 0 aliphatic carbocycles. The van der Waals surface area contributed by atoms with E-state index < -0.39 is 10.0 Å². The molecule has 0 bridgehead atoms. The number of anilines is 2. The molecule has 0 aromatic heterocycles. The average molecular weight is 355 g/mol. The summed E-state index contributed by atoms with van der Waals surface area (Å²) in [5, 5.41) is 0. The van der Waals surface area contributed by atoms with Crippen LogP contribution in [-0.4, -0.2) is 8.42 Å². The maximum atomic E-state index is 12.2. The molecule has 106 valence electrons. The first-order valence-corrected chi connectivity index (χ1v) is 8.42. The summed E-state index contributed by atoms with van der Waals surface area (Å²) < 4.78 is 27.8. The van der Waals surface area contributed by atoms with Gasteiger partial charge in [-0.3, -0.25) is 4.72 Å². The minimum Gasteiger partial charge on any atom is -0.398 e. The van der Waals surface area contributed by atoms with Crippen molar-refractivity contribution in [1.29, 1.82) is 0 Å². The van der Waals surface area contributed by atoms with E-state index in [4.69, 9.17) is 5.73 Å². The Bertz CT molecular complexity index is 730. The van der Waals surface area contributed by atoms with Crippen molar-refractivity contribution in [2.45, 2.75) is 12.7 Å². The molecule has 0 aliphatic heterocycles. The van der Waals surface area contributed by atoms with E-state index in [2.05, 4.69) is 20.7 Å². The number of hydrogen-bond acceptors (Lipinski definition) is 3. The lowest BCUT2D eigenvalue weighted by molar-refractivity contribution is 0.600. The van der Waals surface area contributed by atoms with Crippen molar-refractivity contribution in [2.75, 3.05) is 10.5 Å². The van der Waals surface area contributed by atoms with Crippen molar-refractivity contribution in [1.82, 2.24) is 0 Å². The Morgan fingerprint density at radius 2 is 1.90 bits per heavy atom. The van der Waals surface area contributed by atoms with E-state index in [0.29, 0.717) is 16.9 Å². The molecule has 2 aromatic carbocycles. The Labute approximate surface area is 127 Å². The summed E-state index contributed by atoms with van der Waals surface area (Å²) in [6, 6.07) is 12.4.